The molecule has 1 aromatic carbocycles. The fourth-order valence-electron chi connectivity index (χ4n) is 3.48. The molecule has 20 heavy (non-hydrogen) atoms. The summed E-state index contributed by atoms with van der Waals surface area (Å²) in [6.07, 6.45) is 3.77. The van der Waals surface area contributed by atoms with Crippen LogP contribution in [0.2, 0.25) is 0 Å². The van der Waals surface area contributed by atoms with Gasteiger partial charge in [-0.05, 0) is 50.8 Å². The number of ether oxygens (including phenoxy) is 1. The van der Waals surface area contributed by atoms with Crippen molar-refractivity contribution in [3.63, 3.8) is 0 Å². The number of hydrogen-bond donors (Lipinski definition) is 1. The van der Waals surface area contributed by atoms with E-state index < -0.39 is 0 Å². The largest absolute Gasteiger partial charge is 0.494 e. The summed E-state index contributed by atoms with van der Waals surface area (Å²) in [5.41, 5.74) is 7.39. The van der Waals surface area contributed by atoms with Crippen LogP contribution in [-0.2, 0) is 0 Å². The molecule has 1 saturated heterocycles. The molecule has 0 saturated carbocycles. The van der Waals surface area contributed by atoms with Crippen molar-refractivity contribution >= 4 is 0 Å². The highest BCUT2D eigenvalue weighted by molar-refractivity contribution is 5.31. The van der Waals surface area contributed by atoms with Crippen molar-refractivity contribution in [1.29, 1.82) is 0 Å². The third kappa shape index (κ3) is 3.15. The van der Waals surface area contributed by atoms with Crippen LogP contribution in [0.1, 0.15) is 51.6 Å². The van der Waals surface area contributed by atoms with E-state index in [-0.39, 0.29) is 0 Å². The van der Waals surface area contributed by atoms with Crippen molar-refractivity contribution in [3.05, 3.63) is 29.8 Å². The number of nitrogens with two attached hydrogens (primary N) is 1. The van der Waals surface area contributed by atoms with Gasteiger partial charge in [0.2, 0.25) is 0 Å². The number of rotatable bonds is 6. The van der Waals surface area contributed by atoms with E-state index in [9.17, 15) is 0 Å². The second-order valence-corrected chi connectivity index (χ2v) is 5.69. The molecular formula is C17H28N2O. The van der Waals surface area contributed by atoms with E-state index in [2.05, 4.69) is 36.9 Å². The molecule has 1 aliphatic rings. The van der Waals surface area contributed by atoms with E-state index in [0.29, 0.717) is 31.3 Å². The van der Waals surface area contributed by atoms with Gasteiger partial charge in [0, 0.05) is 24.7 Å². The molecule has 1 fully saturated rings. The number of likely N-dealkylation sites (tertiary alicyclic amines) is 1. The Morgan fingerprint density at radius 2 is 2.15 bits per heavy atom. The van der Waals surface area contributed by atoms with Crippen LogP contribution >= 0.6 is 0 Å². The lowest BCUT2D eigenvalue weighted by molar-refractivity contribution is 0.136. The Hall–Kier alpha value is -1.06. The Balaban J connectivity index is 2.24. The predicted octanol–water partition coefficient (Wildman–Crippen LogP) is 3.35. The van der Waals surface area contributed by atoms with Gasteiger partial charge in [-0.1, -0.05) is 19.1 Å². The standard InChI is InChI=1S/C17H28N2O/c1-4-15-10-9-13(3)19(15)17(12-18)14-7-6-8-16(11-14)20-5-2/h6-8,11,13,15,17H,4-5,9-10,12,18H2,1-3H3. The second-order valence-electron chi connectivity index (χ2n) is 5.69. The normalized spacial score (nSPS) is 24.8. The first-order chi connectivity index (χ1) is 9.71. The molecule has 1 heterocycles. The summed E-state index contributed by atoms with van der Waals surface area (Å²) in [4.78, 5) is 2.62. The zero-order valence-electron chi connectivity index (χ0n) is 13.0. The van der Waals surface area contributed by atoms with Gasteiger partial charge in [-0.3, -0.25) is 4.90 Å². The lowest BCUT2D eigenvalue weighted by Gasteiger charge is -2.36. The van der Waals surface area contributed by atoms with Crippen molar-refractivity contribution in [2.45, 2.75) is 58.2 Å². The Morgan fingerprint density at radius 1 is 1.35 bits per heavy atom. The molecular weight excluding hydrogens is 248 g/mol. The topological polar surface area (TPSA) is 38.5 Å². The highest BCUT2D eigenvalue weighted by Crippen LogP contribution is 2.35. The SMILES string of the molecule is CCOc1cccc(C(CN)N2C(C)CCC2CC)c1. The Labute approximate surface area is 123 Å². The molecule has 3 unspecified atom stereocenters. The smallest absolute Gasteiger partial charge is 0.119 e. The molecule has 0 radical (unpaired) electrons. The lowest BCUT2D eigenvalue weighted by Crippen LogP contribution is -2.41. The van der Waals surface area contributed by atoms with E-state index in [0.717, 1.165) is 5.75 Å². The Morgan fingerprint density at radius 3 is 2.80 bits per heavy atom. The molecule has 3 heteroatoms. The lowest BCUT2D eigenvalue weighted by atomic mass is 10.0. The monoisotopic (exact) mass is 276 g/mol. The fourth-order valence-corrected chi connectivity index (χ4v) is 3.48. The summed E-state index contributed by atoms with van der Waals surface area (Å²) in [7, 11) is 0. The highest BCUT2D eigenvalue weighted by Gasteiger charge is 2.34. The van der Waals surface area contributed by atoms with Crippen LogP contribution < -0.4 is 10.5 Å². The molecule has 0 bridgehead atoms. The summed E-state index contributed by atoms with van der Waals surface area (Å²) in [5, 5.41) is 0. The van der Waals surface area contributed by atoms with Crippen LogP contribution in [0.15, 0.2) is 24.3 Å². The number of nitrogens with zero attached hydrogens (tertiary/aromatic N) is 1. The fraction of sp³-hybridized carbons (Fsp3) is 0.647. The minimum Gasteiger partial charge on any atom is -0.494 e. The van der Waals surface area contributed by atoms with E-state index >= 15 is 0 Å². The van der Waals surface area contributed by atoms with Crippen molar-refractivity contribution in [1.82, 2.24) is 4.90 Å². The Kier molecular flexibility index (Phi) is 5.44. The van der Waals surface area contributed by atoms with Gasteiger partial charge in [0.15, 0.2) is 0 Å². The highest BCUT2D eigenvalue weighted by atomic mass is 16.5. The predicted molar refractivity (Wildman–Crippen MR) is 84.0 cm³/mol. The minimum absolute atomic E-state index is 0.304. The molecule has 0 amide bonds. The molecule has 2 N–H and O–H groups in total. The minimum atomic E-state index is 0.304. The summed E-state index contributed by atoms with van der Waals surface area (Å²) in [5.74, 6) is 0.948. The molecule has 0 aliphatic carbocycles. The number of hydrogen-bond acceptors (Lipinski definition) is 3. The van der Waals surface area contributed by atoms with Gasteiger partial charge in [-0.2, -0.15) is 0 Å². The van der Waals surface area contributed by atoms with Gasteiger partial charge in [0.1, 0.15) is 5.75 Å². The van der Waals surface area contributed by atoms with Gasteiger partial charge in [-0.15, -0.1) is 0 Å². The first-order valence-electron chi connectivity index (χ1n) is 7.91. The maximum absolute atomic E-state index is 6.11. The van der Waals surface area contributed by atoms with Crippen LogP contribution in [0, 0.1) is 0 Å². The molecule has 112 valence electrons. The van der Waals surface area contributed by atoms with E-state index in [1.54, 1.807) is 0 Å². The maximum atomic E-state index is 6.11. The first kappa shape index (κ1) is 15.3. The summed E-state index contributed by atoms with van der Waals surface area (Å²) in [6, 6.07) is 10.0. The summed E-state index contributed by atoms with van der Waals surface area (Å²) >= 11 is 0. The van der Waals surface area contributed by atoms with Crippen LogP contribution in [0.5, 0.6) is 5.75 Å². The molecule has 3 atom stereocenters. The summed E-state index contributed by atoms with van der Waals surface area (Å²) < 4.78 is 5.62. The third-order valence-corrected chi connectivity index (χ3v) is 4.46. The zero-order chi connectivity index (χ0) is 14.5. The van der Waals surface area contributed by atoms with Gasteiger partial charge in [-0.25, -0.2) is 0 Å². The first-order valence-corrected chi connectivity index (χ1v) is 7.91. The van der Waals surface area contributed by atoms with Crippen molar-refractivity contribution < 1.29 is 4.74 Å². The van der Waals surface area contributed by atoms with Crippen LogP contribution in [0.25, 0.3) is 0 Å². The van der Waals surface area contributed by atoms with Gasteiger partial charge >= 0.3 is 0 Å². The molecule has 1 aromatic rings. The third-order valence-electron chi connectivity index (χ3n) is 4.46. The van der Waals surface area contributed by atoms with Gasteiger partial charge < -0.3 is 10.5 Å². The molecule has 3 nitrogen and oxygen atoms in total. The second kappa shape index (κ2) is 7.09. The quantitative estimate of drug-likeness (QED) is 0.866. The van der Waals surface area contributed by atoms with Crippen molar-refractivity contribution in [3.8, 4) is 5.75 Å². The maximum Gasteiger partial charge on any atom is 0.119 e. The van der Waals surface area contributed by atoms with E-state index in [1.165, 1.54) is 24.8 Å². The van der Waals surface area contributed by atoms with Crippen LogP contribution in [0.3, 0.4) is 0 Å². The number of benzene rings is 1. The van der Waals surface area contributed by atoms with Crippen LogP contribution in [0.4, 0.5) is 0 Å². The molecule has 0 aromatic heterocycles. The van der Waals surface area contributed by atoms with E-state index in [4.69, 9.17) is 10.5 Å². The van der Waals surface area contributed by atoms with Crippen molar-refractivity contribution in [2.24, 2.45) is 5.73 Å². The Bertz CT molecular complexity index is 421. The average molecular weight is 276 g/mol. The molecule has 2 rings (SSSR count). The zero-order valence-corrected chi connectivity index (χ0v) is 13.0. The average Bonchev–Trinajstić information content (AvgIpc) is 2.82. The molecule has 1 aliphatic heterocycles. The van der Waals surface area contributed by atoms with Gasteiger partial charge in [0.05, 0.1) is 6.61 Å². The van der Waals surface area contributed by atoms with Crippen LogP contribution in [-0.4, -0.2) is 30.1 Å². The summed E-state index contributed by atoms with van der Waals surface area (Å²) in [6.45, 7) is 7.98. The molecule has 0 spiro atoms. The van der Waals surface area contributed by atoms with E-state index in [1.807, 2.05) is 13.0 Å². The van der Waals surface area contributed by atoms with Crippen molar-refractivity contribution in [2.75, 3.05) is 13.2 Å². The van der Waals surface area contributed by atoms with Gasteiger partial charge in [0.25, 0.3) is 0 Å².